The third kappa shape index (κ3) is 3.88. The number of carbonyl (C=O) groups excluding carboxylic acids is 4. The van der Waals surface area contributed by atoms with Gasteiger partial charge in [0.15, 0.2) is 17.6 Å². The Morgan fingerprint density at radius 3 is 2.16 bits per heavy atom. The number of amides is 1. The number of methoxy groups -OCH3 is 1. The lowest BCUT2D eigenvalue weighted by Crippen LogP contribution is -3.17. The molecule has 1 fully saturated rings. The van der Waals surface area contributed by atoms with E-state index in [0.717, 1.165) is 4.90 Å². The first kappa shape index (κ1) is 20.9. The Bertz CT molecular complexity index is 1070. The lowest BCUT2D eigenvalue weighted by molar-refractivity contribution is -0.919. The molecule has 7 nitrogen and oxygen atoms in total. The van der Waals surface area contributed by atoms with Crippen LogP contribution < -0.4 is 10.2 Å². The Morgan fingerprint density at radius 2 is 1.55 bits per heavy atom. The molecular formula is C24H25N2O5+. The van der Waals surface area contributed by atoms with Crippen molar-refractivity contribution in [1.82, 2.24) is 0 Å². The molecule has 0 bridgehead atoms. The van der Waals surface area contributed by atoms with Crippen LogP contribution >= 0.6 is 0 Å². The van der Waals surface area contributed by atoms with Gasteiger partial charge >= 0.3 is 5.97 Å². The average molecular weight is 421 g/mol. The Labute approximate surface area is 180 Å². The Morgan fingerprint density at radius 1 is 0.968 bits per heavy atom. The highest BCUT2D eigenvalue weighted by atomic mass is 16.5. The number of hydrogen-bond acceptors (Lipinski definition) is 5. The predicted octanol–water partition coefficient (Wildman–Crippen LogP) is 1.26. The fourth-order valence-corrected chi connectivity index (χ4v) is 4.44. The van der Waals surface area contributed by atoms with Crippen molar-refractivity contribution in [3.63, 3.8) is 0 Å². The van der Waals surface area contributed by atoms with E-state index in [9.17, 15) is 19.2 Å². The highest BCUT2D eigenvalue weighted by Gasteiger charge is 2.34. The molecule has 1 amide bonds. The van der Waals surface area contributed by atoms with Gasteiger partial charge in [0.2, 0.25) is 0 Å². The van der Waals surface area contributed by atoms with Gasteiger partial charge < -0.3 is 15.0 Å². The van der Waals surface area contributed by atoms with Crippen molar-refractivity contribution in [1.29, 1.82) is 0 Å². The normalized spacial score (nSPS) is 21.0. The number of ketones is 2. The molecule has 2 aromatic rings. The molecule has 7 heteroatoms. The summed E-state index contributed by atoms with van der Waals surface area (Å²) < 4.78 is 4.82. The lowest BCUT2D eigenvalue weighted by atomic mass is 9.84. The number of quaternary nitrogens is 1. The van der Waals surface area contributed by atoms with Crippen LogP contribution in [0.25, 0.3) is 0 Å². The first-order valence-corrected chi connectivity index (χ1v) is 10.5. The quantitative estimate of drug-likeness (QED) is 0.619. The van der Waals surface area contributed by atoms with E-state index < -0.39 is 0 Å². The van der Waals surface area contributed by atoms with Gasteiger partial charge in [-0.3, -0.25) is 19.2 Å². The molecule has 1 aliphatic carbocycles. The van der Waals surface area contributed by atoms with Crippen molar-refractivity contribution in [3.8, 4) is 0 Å². The minimum atomic E-state index is -0.312. The fourth-order valence-electron chi connectivity index (χ4n) is 4.44. The van der Waals surface area contributed by atoms with Gasteiger partial charge in [0, 0.05) is 40.8 Å². The van der Waals surface area contributed by atoms with Crippen molar-refractivity contribution in [2.45, 2.75) is 25.8 Å². The van der Waals surface area contributed by atoms with Crippen LogP contribution in [0.4, 0.5) is 5.69 Å². The number of ether oxygens (including phenoxy) is 1. The van der Waals surface area contributed by atoms with E-state index in [-0.39, 0.29) is 35.4 Å². The minimum absolute atomic E-state index is 0.101. The van der Waals surface area contributed by atoms with Crippen LogP contribution in [-0.2, 0) is 14.3 Å². The zero-order chi connectivity index (χ0) is 22.1. The zero-order valence-electron chi connectivity index (χ0n) is 17.6. The number of rotatable bonds is 4. The van der Waals surface area contributed by atoms with Crippen molar-refractivity contribution < 1.29 is 28.8 Å². The molecule has 0 unspecified atom stereocenters. The Hall–Kier alpha value is -3.32. The summed E-state index contributed by atoms with van der Waals surface area (Å²) >= 11 is 0. The summed E-state index contributed by atoms with van der Waals surface area (Å²) in [7, 11) is 1.40. The summed E-state index contributed by atoms with van der Waals surface area (Å²) in [6.07, 6.45) is 1.38. The van der Waals surface area contributed by atoms with Crippen LogP contribution in [0.3, 0.4) is 0 Å². The van der Waals surface area contributed by atoms with Crippen LogP contribution in [0.1, 0.15) is 51.6 Å². The molecular weight excluding hydrogens is 396 g/mol. The highest BCUT2D eigenvalue weighted by Crippen LogP contribution is 2.29. The maximum absolute atomic E-state index is 12.9. The average Bonchev–Trinajstić information content (AvgIpc) is 2.81. The van der Waals surface area contributed by atoms with E-state index in [1.54, 1.807) is 42.5 Å². The molecule has 4 rings (SSSR count). The zero-order valence-corrected chi connectivity index (χ0v) is 17.6. The van der Waals surface area contributed by atoms with E-state index in [1.165, 1.54) is 7.11 Å². The Balaban J connectivity index is 1.46. The summed E-state index contributed by atoms with van der Waals surface area (Å²) in [4.78, 5) is 51.2. The van der Waals surface area contributed by atoms with Gasteiger partial charge in [-0.2, -0.15) is 0 Å². The number of benzene rings is 2. The standard InChI is InChI=1S/C24H24N2O5/c1-14(26-11-9-15(10-12-26)24(30)31-2)23(29)25-16-7-8-19-20(13-16)22(28)18-6-4-3-5-17(18)21(19)27/h3-8,13-15H,9-12H2,1-2H3,(H,25,29)/p+1/t14-/m0/s1. The molecule has 2 aromatic carbocycles. The number of fused-ring (bicyclic) bond motifs is 2. The van der Waals surface area contributed by atoms with E-state index >= 15 is 0 Å². The van der Waals surface area contributed by atoms with Gasteiger partial charge in [-0.1, -0.05) is 24.3 Å². The molecule has 1 heterocycles. The van der Waals surface area contributed by atoms with E-state index in [4.69, 9.17) is 4.74 Å². The van der Waals surface area contributed by atoms with E-state index in [0.29, 0.717) is 53.9 Å². The molecule has 0 aromatic heterocycles. The molecule has 0 saturated carbocycles. The van der Waals surface area contributed by atoms with Crippen molar-refractivity contribution >= 4 is 29.1 Å². The third-order valence-electron chi connectivity index (χ3n) is 6.36. The van der Waals surface area contributed by atoms with Crippen molar-refractivity contribution in [2.24, 2.45) is 5.92 Å². The topological polar surface area (TPSA) is 94.0 Å². The lowest BCUT2D eigenvalue weighted by Gasteiger charge is -2.31. The van der Waals surface area contributed by atoms with Gasteiger partial charge in [-0.15, -0.1) is 0 Å². The molecule has 0 radical (unpaired) electrons. The molecule has 1 atom stereocenters. The van der Waals surface area contributed by atoms with Crippen molar-refractivity contribution in [2.75, 3.05) is 25.5 Å². The number of hydrogen-bond donors (Lipinski definition) is 2. The number of esters is 1. The van der Waals surface area contributed by atoms with E-state index in [1.807, 2.05) is 6.92 Å². The summed E-state index contributed by atoms with van der Waals surface area (Å²) in [5.41, 5.74) is 1.93. The summed E-state index contributed by atoms with van der Waals surface area (Å²) in [5.74, 6) is -0.859. The summed E-state index contributed by atoms with van der Waals surface area (Å²) in [6.45, 7) is 3.27. The molecule has 2 aliphatic rings. The largest absolute Gasteiger partial charge is 0.469 e. The number of piperidine rings is 1. The number of carbonyl (C=O) groups is 4. The monoisotopic (exact) mass is 421 g/mol. The second-order valence-electron chi connectivity index (χ2n) is 8.13. The molecule has 2 N–H and O–H groups in total. The second-order valence-corrected chi connectivity index (χ2v) is 8.13. The maximum Gasteiger partial charge on any atom is 0.309 e. The SMILES string of the molecule is COC(=O)C1CC[NH+]([C@@H](C)C(=O)Nc2ccc3c(c2)C(=O)c2ccccc2C3=O)CC1. The van der Waals surface area contributed by atoms with Crippen LogP contribution in [0, 0.1) is 5.92 Å². The fraction of sp³-hybridized carbons (Fsp3) is 0.333. The van der Waals surface area contributed by atoms with Gasteiger partial charge in [-0.05, 0) is 25.1 Å². The van der Waals surface area contributed by atoms with Crippen LogP contribution in [0.2, 0.25) is 0 Å². The minimum Gasteiger partial charge on any atom is -0.469 e. The van der Waals surface area contributed by atoms with Crippen LogP contribution in [0.15, 0.2) is 42.5 Å². The summed E-state index contributed by atoms with van der Waals surface area (Å²) in [5, 5.41) is 2.88. The predicted molar refractivity (Wildman–Crippen MR) is 113 cm³/mol. The summed E-state index contributed by atoms with van der Waals surface area (Å²) in [6, 6.07) is 11.3. The molecule has 160 valence electrons. The highest BCUT2D eigenvalue weighted by molar-refractivity contribution is 6.28. The Kier molecular flexibility index (Phi) is 5.69. The first-order chi connectivity index (χ1) is 14.9. The molecule has 1 aliphatic heterocycles. The van der Waals surface area contributed by atoms with E-state index in [2.05, 4.69) is 5.32 Å². The second kappa shape index (κ2) is 8.43. The molecule has 31 heavy (non-hydrogen) atoms. The van der Waals surface area contributed by atoms with Gasteiger partial charge in [0.25, 0.3) is 5.91 Å². The van der Waals surface area contributed by atoms with Crippen LogP contribution in [-0.4, -0.2) is 49.7 Å². The van der Waals surface area contributed by atoms with Gasteiger partial charge in [0.1, 0.15) is 0 Å². The van der Waals surface area contributed by atoms with Gasteiger partial charge in [-0.25, -0.2) is 0 Å². The van der Waals surface area contributed by atoms with Crippen molar-refractivity contribution in [3.05, 3.63) is 64.7 Å². The smallest absolute Gasteiger partial charge is 0.309 e. The number of nitrogens with one attached hydrogen (secondary N) is 2. The molecule has 1 saturated heterocycles. The van der Waals surface area contributed by atoms with Gasteiger partial charge in [0.05, 0.1) is 26.1 Å². The first-order valence-electron chi connectivity index (χ1n) is 10.5. The molecule has 0 spiro atoms. The maximum atomic E-state index is 12.9. The van der Waals surface area contributed by atoms with Crippen LogP contribution in [0.5, 0.6) is 0 Å². The number of likely N-dealkylation sites (tertiary alicyclic amines) is 1. The number of anilines is 1. The third-order valence-corrected chi connectivity index (χ3v) is 6.36.